The number of hydrogen-bond acceptors (Lipinski definition) is 5. The van der Waals surface area contributed by atoms with Crippen molar-refractivity contribution in [3.05, 3.63) is 83.2 Å². The Morgan fingerprint density at radius 3 is 2.55 bits per heavy atom. The minimum atomic E-state index is -4.56. The molecule has 8 nitrogen and oxygen atoms in total. The van der Waals surface area contributed by atoms with E-state index in [-0.39, 0.29) is 5.56 Å². The second kappa shape index (κ2) is 10.9. The third kappa shape index (κ3) is 6.12. The summed E-state index contributed by atoms with van der Waals surface area (Å²) in [5.74, 6) is -1.11. The number of carbonyl (C=O) groups excluding carboxylic acids is 2. The summed E-state index contributed by atoms with van der Waals surface area (Å²) in [5, 5.41) is 9.56. The molecule has 2 aromatic heterocycles. The molecule has 4 N–H and O–H groups in total. The summed E-state index contributed by atoms with van der Waals surface area (Å²) in [7, 11) is 3.91. The highest BCUT2D eigenvalue weighted by Crippen LogP contribution is 2.30. The van der Waals surface area contributed by atoms with E-state index in [4.69, 9.17) is 0 Å². The topological polar surface area (TPSA) is 102 Å². The van der Waals surface area contributed by atoms with E-state index in [1.807, 2.05) is 25.1 Å². The van der Waals surface area contributed by atoms with Crippen LogP contribution in [0.3, 0.4) is 0 Å². The molecule has 198 valence electrons. The van der Waals surface area contributed by atoms with Crippen molar-refractivity contribution < 1.29 is 22.8 Å². The van der Waals surface area contributed by atoms with Gasteiger partial charge >= 0.3 is 6.18 Å². The van der Waals surface area contributed by atoms with Crippen molar-refractivity contribution in [2.45, 2.75) is 13.1 Å². The van der Waals surface area contributed by atoms with Gasteiger partial charge in [-0.3, -0.25) is 9.59 Å². The molecule has 0 spiro atoms. The lowest BCUT2D eigenvalue weighted by Crippen LogP contribution is -2.22. The number of hydrogen-bond donors (Lipinski definition) is 4. The highest BCUT2D eigenvalue weighted by Gasteiger charge is 2.31. The Morgan fingerprint density at radius 1 is 1.03 bits per heavy atom. The van der Waals surface area contributed by atoms with Crippen LogP contribution in [0.15, 0.2) is 60.9 Å². The molecule has 0 atom stereocenters. The minimum Gasteiger partial charge on any atom is -0.382 e. The number of amides is 2. The number of rotatable bonds is 8. The zero-order valence-electron chi connectivity index (χ0n) is 21.0. The van der Waals surface area contributed by atoms with Gasteiger partial charge in [-0.15, -0.1) is 0 Å². The Bertz CT molecular complexity index is 1480. The first kappa shape index (κ1) is 26.7. The minimum absolute atomic E-state index is 0.134. The molecule has 0 bridgehead atoms. The van der Waals surface area contributed by atoms with E-state index in [1.165, 1.54) is 18.3 Å². The summed E-state index contributed by atoms with van der Waals surface area (Å²) in [6, 6.07) is 10.9. The number of aromatic amines is 1. The van der Waals surface area contributed by atoms with Crippen LogP contribution in [0.1, 0.15) is 31.8 Å². The summed E-state index contributed by atoms with van der Waals surface area (Å²) in [6.07, 6.45) is -1.33. The van der Waals surface area contributed by atoms with Crippen LogP contribution in [0, 0.1) is 6.92 Å². The third-order valence-electron chi connectivity index (χ3n) is 5.89. The molecule has 0 unspecified atom stereocenters. The zero-order chi connectivity index (χ0) is 27.4. The van der Waals surface area contributed by atoms with Crippen LogP contribution < -0.4 is 16.0 Å². The molecule has 0 saturated carbocycles. The van der Waals surface area contributed by atoms with E-state index in [0.29, 0.717) is 34.8 Å². The Balaban J connectivity index is 1.55. The predicted molar refractivity (Wildman–Crippen MR) is 142 cm³/mol. The largest absolute Gasteiger partial charge is 0.416 e. The molecule has 0 radical (unpaired) electrons. The average molecular weight is 525 g/mol. The van der Waals surface area contributed by atoms with Crippen molar-refractivity contribution in [1.82, 2.24) is 14.9 Å². The maximum absolute atomic E-state index is 13.3. The van der Waals surface area contributed by atoms with Crippen LogP contribution in [0.2, 0.25) is 0 Å². The molecule has 0 aliphatic rings. The molecular formula is C27H27F3N6O2. The van der Waals surface area contributed by atoms with Gasteiger partial charge < -0.3 is 25.8 Å². The van der Waals surface area contributed by atoms with Crippen LogP contribution in [-0.4, -0.2) is 53.9 Å². The van der Waals surface area contributed by atoms with E-state index in [2.05, 4.69) is 25.9 Å². The molecule has 2 heterocycles. The Labute approximate surface area is 217 Å². The van der Waals surface area contributed by atoms with E-state index < -0.39 is 23.6 Å². The maximum atomic E-state index is 13.3. The van der Waals surface area contributed by atoms with Crippen LogP contribution in [0.5, 0.6) is 0 Å². The average Bonchev–Trinajstić information content (AvgIpc) is 3.35. The first-order chi connectivity index (χ1) is 18.0. The predicted octanol–water partition coefficient (Wildman–Crippen LogP) is 5.37. The van der Waals surface area contributed by atoms with Gasteiger partial charge in [-0.25, -0.2) is 4.98 Å². The number of aryl methyl sites for hydroxylation is 1. The molecule has 2 amide bonds. The van der Waals surface area contributed by atoms with Gasteiger partial charge in [-0.2, -0.15) is 13.2 Å². The number of fused-ring (bicyclic) bond motifs is 1. The van der Waals surface area contributed by atoms with E-state index >= 15 is 0 Å². The highest BCUT2D eigenvalue weighted by molar-refractivity contribution is 6.12. The summed E-state index contributed by atoms with van der Waals surface area (Å²) >= 11 is 0. The maximum Gasteiger partial charge on any atom is 0.416 e. The number of carbonyl (C=O) groups is 2. The fourth-order valence-electron chi connectivity index (χ4n) is 3.84. The lowest BCUT2D eigenvalue weighted by atomic mass is 10.1. The molecule has 38 heavy (non-hydrogen) atoms. The number of pyridine rings is 1. The lowest BCUT2D eigenvalue weighted by molar-refractivity contribution is -0.137. The monoisotopic (exact) mass is 524 g/mol. The Hall–Kier alpha value is -4.38. The van der Waals surface area contributed by atoms with Gasteiger partial charge in [-0.1, -0.05) is 12.1 Å². The Kier molecular flexibility index (Phi) is 7.67. The van der Waals surface area contributed by atoms with E-state index in [1.54, 1.807) is 31.3 Å². The Morgan fingerprint density at radius 2 is 1.82 bits per heavy atom. The molecule has 0 fully saturated rings. The fourth-order valence-corrected chi connectivity index (χ4v) is 3.84. The smallest absolute Gasteiger partial charge is 0.382 e. The van der Waals surface area contributed by atoms with Crippen molar-refractivity contribution in [3.8, 4) is 0 Å². The third-order valence-corrected chi connectivity index (χ3v) is 5.89. The first-order valence-electron chi connectivity index (χ1n) is 11.8. The van der Waals surface area contributed by atoms with E-state index in [9.17, 15) is 22.8 Å². The number of aromatic nitrogens is 2. The van der Waals surface area contributed by atoms with Gasteiger partial charge in [0.2, 0.25) is 0 Å². The number of H-pyrrole nitrogens is 1. The van der Waals surface area contributed by atoms with Crippen LogP contribution in [0.4, 0.5) is 30.2 Å². The van der Waals surface area contributed by atoms with Gasteiger partial charge in [0.15, 0.2) is 0 Å². The second-order valence-electron chi connectivity index (χ2n) is 9.03. The van der Waals surface area contributed by atoms with Gasteiger partial charge in [0, 0.05) is 47.8 Å². The fraction of sp³-hybridized carbons (Fsp3) is 0.222. The number of nitrogens with one attached hydrogen (secondary N) is 4. The molecule has 11 heteroatoms. The van der Waals surface area contributed by atoms with Gasteiger partial charge in [0.05, 0.1) is 16.8 Å². The normalized spacial score (nSPS) is 11.6. The summed E-state index contributed by atoms with van der Waals surface area (Å²) < 4.78 is 39.1. The van der Waals surface area contributed by atoms with Crippen LogP contribution in [-0.2, 0) is 6.18 Å². The van der Waals surface area contributed by atoms with Crippen molar-refractivity contribution in [3.63, 3.8) is 0 Å². The highest BCUT2D eigenvalue weighted by atomic mass is 19.4. The number of alkyl halides is 3. The lowest BCUT2D eigenvalue weighted by Gasteiger charge is -2.16. The SMILES string of the molecule is Cc1ccc(NC(=O)c2cccc(C(F)(F)F)c2)cc1NC(=O)c1cnc2[nH]ccc2c1NCCN(C)C. The number of benzene rings is 2. The number of anilines is 3. The van der Waals surface area contributed by atoms with E-state index in [0.717, 1.165) is 29.6 Å². The van der Waals surface area contributed by atoms with Crippen molar-refractivity contribution in [2.75, 3.05) is 43.1 Å². The quantitative estimate of drug-likeness (QED) is 0.248. The molecule has 4 rings (SSSR count). The van der Waals surface area contributed by atoms with Crippen LogP contribution >= 0.6 is 0 Å². The number of likely N-dealkylation sites (N-methyl/N-ethyl adjacent to an activating group) is 1. The molecule has 0 saturated heterocycles. The number of halogens is 3. The van der Waals surface area contributed by atoms with Gasteiger partial charge in [0.25, 0.3) is 11.8 Å². The summed E-state index contributed by atoms with van der Waals surface area (Å²) in [5.41, 5.74) is 2.06. The molecular weight excluding hydrogens is 497 g/mol. The molecule has 0 aliphatic heterocycles. The standard InChI is InChI=1S/C27H27F3N6O2/c1-16-7-8-19(34-25(37)17-5-4-6-18(13-17)27(28,29)30)14-22(16)35-26(38)21-15-33-24-20(9-10-32-24)23(21)31-11-12-36(2)3/h4-10,13-15H,11-12H2,1-3H3,(H,34,37)(H,35,38)(H2,31,32,33). The van der Waals surface area contributed by atoms with Crippen molar-refractivity contribution in [2.24, 2.45) is 0 Å². The number of nitrogens with zero attached hydrogens (tertiary/aromatic N) is 2. The molecule has 4 aromatic rings. The molecule has 0 aliphatic carbocycles. The van der Waals surface area contributed by atoms with Crippen molar-refractivity contribution >= 4 is 39.9 Å². The summed E-state index contributed by atoms with van der Waals surface area (Å²) in [6.45, 7) is 3.15. The first-order valence-corrected chi connectivity index (χ1v) is 11.8. The zero-order valence-corrected chi connectivity index (χ0v) is 21.0. The molecule has 2 aromatic carbocycles. The van der Waals surface area contributed by atoms with Gasteiger partial charge in [0.1, 0.15) is 5.65 Å². The van der Waals surface area contributed by atoms with Crippen LogP contribution in [0.25, 0.3) is 11.0 Å². The van der Waals surface area contributed by atoms with Crippen molar-refractivity contribution in [1.29, 1.82) is 0 Å². The van der Waals surface area contributed by atoms with Gasteiger partial charge in [-0.05, 0) is 63.0 Å². The second-order valence-corrected chi connectivity index (χ2v) is 9.03. The summed E-state index contributed by atoms with van der Waals surface area (Å²) in [4.78, 5) is 35.4.